The van der Waals surface area contributed by atoms with E-state index in [1.54, 1.807) is 6.20 Å². The molecule has 0 aliphatic carbocycles. The quantitative estimate of drug-likeness (QED) is 0.714. The van der Waals surface area contributed by atoms with Gasteiger partial charge in [0.25, 0.3) is 0 Å². The lowest BCUT2D eigenvalue weighted by Gasteiger charge is -2.31. The first-order valence-electron chi connectivity index (χ1n) is 8.21. The molecule has 2 aromatic rings. The highest BCUT2D eigenvalue weighted by Crippen LogP contribution is 2.18. The van der Waals surface area contributed by atoms with Gasteiger partial charge in [-0.1, -0.05) is 12.1 Å². The lowest BCUT2D eigenvalue weighted by atomic mass is 9.97. The Morgan fingerprint density at radius 3 is 2.50 bits per heavy atom. The summed E-state index contributed by atoms with van der Waals surface area (Å²) in [6, 6.07) is 9.44. The molecule has 4 N–H and O–H groups in total. The predicted octanol–water partition coefficient (Wildman–Crippen LogP) is 1.20. The molecule has 7 nitrogen and oxygen atoms in total. The zero-order valence-corrected chi connectivity index (χ0v) is 13.6. The number of rotatable bonds is 5. The van der Waals surface area contributed by atoms with Crippen LogP contribution in [0.25, 0.3) is 5.69 Å². The van der Waals surface area contributed by atoms with Crippen molar-refractivity contribution in [3.05, 3.63) is 52.6 Å². The number of benzene rings is 1. The molecule has 128 valence electrons. The Hall–Kier alpha value is -2.22. The third-order valence-corrected chi connectivity index (χ3v) is 4.58. The summed E-state index contributed by atoms with van der Waals surface area (Å²) in [6.45, 7) is 3.87. The molecule has 1 fully saturated rings. The van der Waals surface area contributed by atoms with Gasteiger partial charge in [-0.3, -0.25) is 20.2 Å². The van der Waals surface area contributed by atoms with Crippen LogP contribution in [0.4, 0.5) is 5.82 Å². The number of hydrogen-bond donors (Lipinski definition) is 3. The van der Waals surface area contributed by atoms with Crippen LogP contribution in [0.2, 0.25) is 0 Å². The second-order valence-electron chi connectivity index (χ2n) is 6.20. The number of aromatic nitrogens is 2. The van der Waals surface area contributed by atoms with Crippen molar-refractivity contribution in [3.63, 3.8) is 0 Å². The molecular formula is C17H23N5O2. The first-order valence-corrected chi connectivity index (χ1v) is 8.21. The van der Waals surface area contributed by atoms with Crippen LogP contribution < -0.4 is 16.9 Å². The second-order valence-corrected chi connectivity index (χ2v) is 6.20. The Morgan fingerprint density at radius 2 is 1.92 bits per heavy atom. The van der Waals surface area contributed by atoms with E-state index < -0.39 is 5.69 Å². The minimum absolute atomic E-state index is 0.133. The third kappa shape index (κ3) is 3.81. The fourth-order valence-electron chi connectivity index (χ4n) is 3.06. The van der Waals surface area contributed by atoms with Crippen LogP contribution in [0.15, 0.2) is 41.3 Å². The molecule has 1 aliphatic heterocycles. The SMILES string of the molecule is NCC1CCN(Cc2ccc(-n3ccc(NO)nc3=O)cc2)CC1. The molecule has 0 unspecified atom stereocenters. The van der Waals surface area contributed by atoms with Crippen molar-refractivity contribution in [2.45, 2.75) is 19.4 Å². The van der Waals surface area contributed by atoms with E-state index in [4.69, 9.17) is 10.9 Å². The molecule has 0 amide bonds. The molecule has 0 spiro atoms. The molecule has 1 saturated heterocycles. The van der Waals surface area contributed by atoms with Gasteiger partial charge >= 0.3 is 5.69 Å². The zero-order valence-electron chi connectivity index (χ0n) is 13.6. The van der Waals surface area contributed by atoms with Crippen LogP contribution in [0, 0.1) is 5.92 Å². The van der Waals surface area contributed by atoms with E-state index in [2.05, 4.69) is 9.88 Å². The van der Waals surface area contributed by atoms with E-state index in [0.717, 1.165) is 31.9 Å². The van der Waals surface area contributed by atoms with Gasteiger partial charge in [0.15, 0.2) is 5.82 Å². The number of nitrogens with two attached hydrogens (primary N) is 1. The molecule has 24 heavy (non-hydrogen) atoms. The van der Waals surface area contributed by atoms with Crippen molar-refractivity contribution in [1.82, 2.24) is 14.5 Å². The average molecular weight is 329 g/mol. The summed E-state index contributed by atoms with van der Waals surface area (Å²) in [4.78, 5) is 18.1. The number of nitrogens with one attached hydrogen (secondary N) is 1. The maximum Gasteiger partial charge on any atom is 0.354 e. The molecule has 1 aromatic carbocycles. The standard InChI is InChI=1S/C17H23N5O2/c18-11-13-5-8-21(9-6-13)12-14-1-3-15(4-2-14)22-10-7-16(20-24)19-17(22)23/h1-4,7,10,13,24H,5-6,8-9,11-12,18H2,(H,19,20,23). The van der Waals surface area contributed by atoms with Gasteiger partial charge in [-0.2, -0.15) is 4.98 Å². The molecule has 7 heteroatoms. The third-order valence-electron chi connectivity index (χ3n) is 4.58. The van der Waals surface area contributed by atoms with Gasteiger partial charge in [-0.25, -0.2) is 4.79 Å². The van der Waals surface area contributed by atoms with Crippen LogP contribution in [-0.4, -0.2) is 39.3 Å². The Balaban J connectivity index is 1.66. The van der Waals surface area contributed by atoms with E-state index in [1.165, 1.54) is 29.0 Å². The fraction of sp³-hybridized carbons (Fsp3) is 0.412. The molecule has 3 rings (SSSR count). The molecule has 2 heterocycles. The molecule has 0 saturated carbocycles. The number of nitrogens with zero attached hydrogens (tertiary/aromatic N) is 3. The van der Waals surface area contributed by atoms with Crippen LogP contribution in [0.3, 0.4) is 0 Å². The number of likely N-dealkylation sites (tertiary alicyclic amines) is 1. The fourth-order valence-corrected chi connectivity index (χ4v) is 3.06. The summed E-state index contributed by atoms with van der Waals surface area (Å²) in [5, 5.41) is 8.78. The summed E-state index contributed by atoms with van der Waals surface area (Å²) >= 11 is 0. The first-order chi connectivity index (χ1) is 11.7. The van der Waals surface area contributed by atoms with Crippen molar-refractivity contribution in [1.29, 1.82) is 0 Å². The maximum absolute atomic E-state index is 11.9. The highest BCUT2D eigenvalue weighted by atomic mass is 16.5. The number of anilines is 1. The summed E-state index contributed by atoms with van der Waals surface area (Å²) in [5.41, 5.74) is 9.14. The van der Waals surface area contributed by atoms with Crippen molar-refractivity contribution in [3.8, 4) is 5.69 Å². The number of piperidine rings is 1. The smallest absolute Gasteiger partial charge is 0.330 e. The number of hydrogen-bond acceptors (Lipinski definition) is 6. The maximum atomic E-state index is 11.9. The van der Waals surface area contributed by atoms with E-state index >= 15 is 0 Å². The van der Waals surface area contributed by atoms with Crippen molar-refractivity contribution < 1.29 is 5.21 Å². The summed E-state index contributed by atoms with van der Waals surface area (Å²) < 4.78 is 1.44. The van der Waals surface area contributed by atoms with Gasteiger partial charge < -0.3 is 5.73 Å². The van der Waals surface area contributed by atoms with Crippen molar-refractivity contribution in [2.24, 2.45) is 11.7 Å². The summed E-state index contributed by atoms with van der Waals surface area (Å²) in [6.07, 6.45) is 3.92. The Bertz CT molecular complexity index is 721. The molecular weight excluding hydrogens is 306 g/mol. The van der Waals surface area contributed by atoms with Gasteiger partial charge in [0.05, 0.1) is 5.69 Å². The van der Waals surface area contributed by atoms with Crippen molar-refractivity contribution >= 4 is 5.82 Å². The largest absolute Gasteiger partial charge is 0.354 e. The summed E-state index contributed by atoms with van der Waals surface area (Å²) in [5.74, 6) is 0.799. The molecule has 0 radical (unpaired) electrons. The van der Waals surface area contributed by atoms with Crippen LogP contribution in [0.1, 0.15) is 18.4 Å². The zero-order chi connectivity index (χ0) is 16.9. The minimum Gasteiger partial charge on any atom is -0.330 e. The van der Waals surface area contributed by atoms with Crippen LogP contribution in [0.5, 0.6) is 0 Å². The molecule has 0 bridgehead atoms. The normalized spacial score (nSPS) is 16.2. The van der Waals surface area contributed by atoms with E-state index in [-0.39, 0.29) is 5.82 Å². The average Bonchev–Trinajstić information content (AvgIpc) is 2.63. The lowest BCUT2D eigenvalue weighted by Crippen LogP contribution is -2.35. The summed E-state index contributed by atoms with van der Waals surface area (Å²) in [7, 11) is 0. The van der Waals surface area contributed by atoms with Crippen LogP contribution in [-0.2, 0) is 6.54 Å². The Kier molecular flexibility index (Phi) is 5.24. The van der Waals surface area contributed by atoms with Gasteiger partial charge in [-0.15, -0.1) is 0 Å². The van der Waals surface area contributed by atoms with Crippen LogP contribution >= 0.6 is 0 Å². The minimum atomic E-state index is -0.439. The van der Waals surface area contributed by atoms with E-state index in [9.17, 15) is 4.79 Å². The van der Waals surface area contributed by atoms with Gasteiger partial charge in [-0.05, 0) is 62.2 Å². The highest BCUT2D eigenvalue weighted by Gasteiger charge is 2.17. The van der Waals surface area contributed by atoms with Gasteiger partial charge in [0, 0.05) is 12.7 Å². The van der Waals surface area contributed by atoms with Gasteiger partial charge in [0.1, 0.15) is 0 Å². The lowest BCUT2D eigenvalue weighted by molar-refractivity contribution is 0.180. The topological polar surface area (TPSA) is 96.4 Å². The van der Waals surface area contributed by atoms with E-state index in [1.807, 2.05) is 29.7 Å². The monoisotopic (exact) mass is 329 g/mol. The molecule has 1 aliphatic rings. The van der Waals surface area contributed by atoms with Crippen molar-refractivity contribution in [2.75, 3.05) is 25.1 Å². The van der Waals surface area contributed by atoms with Gasteiger partial charge in [0.2, 0.25) is 0 Å². The Morgan fingerprint density at radius 1 is 1.21 bits per heavy atom. The molecule has 0 atom stereocenters. The predicted molar refractivity (Wildman–Crippen MR) is 92.3 cm³/mol. The highest BCUT2D eigenvalue weighted by molar-refractivity contribution is 5.37. The van der Waals surface area contributed by atoms with E-state index in [0.29, 0.717) is 5.92 Å². The molecule has 1 aromatic heterocycles. The Labute approximate surface area is 140 Å². The first kappa shape index (κ1) is 16.6. The second kappa shape index (κ2) is 7.57.